The van der Waals surface area contributed by atoms with Gasteiger partial charge in [-0.05, 0) is 83.4 Å². The maximum absolute atomic E-state index is 12.1. The molecule has 3 aliphatic rings. The molecule has 0 radical (unpaired) electrons. The van der Waals surface area contributed by atoms with Gasteiger partial charge in [0, 0.05) is 49.0 Å². The molecule has 0 aliphatic carbocycles. The van der Waals surface area contributed by atoms with Gasteiger partial charge in [-0.2, -0.15) is 0 Å². The summed E-state index contributed by atoms with van der Waals surface area (Å²) < 4.78 is 0. The van der Waals surface area contributed by atoms with E-state index >= 15 is 0 Å². The molecule has 148 valence electrons. The third kappa shape index (κ3) is 4.30. The van der Waals surface area contributed by atoms with Crippen LogP contribution in [0.25, 0.3) is 0 Å². The highest BCUT2D eigenvalue weighted by molar-refractivity contribution is 5.96. The molecule has 5 heteroatoms. The average molecular weight is 371 g/mol. The first-order valence-corrected chi connectivity index (χ1v) is 10.7. The molecule has 27 heavy (non-hydrogen) atoms. The maximum Gasteiger partial charge on any atom is 0.227 e. The smallest absolute Gasteiger partial charge is 0.227 e. The third-order valence-corrected chi connectivity index (χ3v) is 6.66. The molecule has 0 bridgehead atoms. The summed E-state index contributed by atoms with van der Waals surface area (Å²) in [5.74, 6) is 0.260. The van der Waals surface area contributed by atoms with Crippen molar-refractivity contribution in [2.24, 2.45) is 0 Å². The number of amides is 1. The molecule has 1 atom stereocenters. The van der Waals surface area contributed by atoms with Gasteiger partial charge in [-0.15, -0.1) is 0 Å². The van der Waals surface area contributed by atoms with Crippen LogP contribution in [0.15, 0.2) is 24.3 Å². The predicted molar refractivity (Wildman–Crippen MR) is 112 cm³/mol. The molecule has 1 amide bonds. The Bertz CT molecular complexity index is 630. The van der Waals surface area contributed by atoms with Crippen LogP contribution in [-0.2, 0) is 4.79 Å². The Labute approximate surface area is 163 Å². The van der Waals surface area contributed by atoms with Crippen molar-refractivity contribution >= 4 is 17.3 Å². The number of benzene rings is 1. The van der Waals surface area contributed by atoms with Crippen molar-refractivity contribution in [2.45, 2.75) is 63.6 Å². The molecule has 3 saturated heterocycles. The van der Waals surface area contributed by atoms with E-state index in [9.17, 15) is 4.79 Å². The van der Waals surface area contributed by atoms with Crippen LogP contribution in [-0.4, -0.2) is 62.2 Å². The fraction of sp³-hybridized carbons (Fsp3) is 0.682. The number of nitrogens with one attached hydrogen (secondary N) is 1. The summed E-state index contributed by atoms with van der Waals surface area (Å²) in [6.07, 6.45) is 6.65. The van der Waals surface area contributed by atoms with Crippen LogP contribution in [0.3, 0.4) is 0 Å². The quantitative estimate of drug-likeness (QED) is 0.885. The topological polar surface area (TPSA) is 38.8 Å². The number of anilines is 2. The molecule has 3 fully saturated rings. The number of hydrogen-bond donors (Lipinski definition) is 1. The molecule has 1 aromatic rings. The van der Waals surface area contributed by atoms with Crippen LogP contribution in [0.2, 0.25) is 0 Å². The minimum atomic E-state index is 0.260. The highest BCUT2D eigenvalue weighted by atomic mass is 16.2. The van der Waals surface area contributed by atoms with Gasteiger partial charge in [-0.25, -0.2) is 0 Å². The van der Waals surface area contributed by atoms with Gasteiger partial charge in [0.25, 0.3) is 0 Å². The van der Waals surface area contributed by atoms with Crippen molar-refractivity contribution in [3.05, 3.63) is 24.3 Å². The number of carbonyl (C=O) groups is 1. The Morgan fingerprint density at radius 2 is 1.41 bits per heavy atom. The van der Waals surface area contributed by atoms with Crippen molar-refractivity contribution in [3.63, 3.8) is 0 Å². The highest BCUT2D eigenvalue weighted by Gasteiger charge is 2.29. The standard InChI is InChI=1S/C22H34N4O/c1-17-3-8-22(27)26(17)21-6-4-20(5-7-21)25-15-11-19(12-16-25)23-18-9-13-24(2)14-10-18/h4-7,17-19,23H,3,8-16H2,1-2H3. The summed E-state index contributed by atoms with van der Waals surface area (Å²) in [7, 11) is 2.22. The Hall–Kier alpha value is -1.59. The van der Waals surface area contributed by atoms with Gasteiger partial charge < -0.3 is 20.0 Å². The predicted octanol–water partition coefficient (Wildman–Crippen LogP) is 2.85. The second-order valence-corrected chi connectivity index (χ2v) is 8.67. The number of carbonyl (C=O) groups excluding carboxylic acids is 1. The van der Waals surface area contributed by atoms with Gasteiger partial charge in [0.1, 0.15) is 0 Å². The van der Waals surface area contributed by atoms with Crippen LogP contribution in [0, 0.1) is 0 Å². The van der Waals surface area contributed by atoms with Crippen LogP contribution >= 0.6 is 0 Å². The van der Waals surface area contributed by atoms with E-state index in [1.54, 1.807) is 0 Å². The maximum atomic E-state index is 12.1. The van der Waals surface area contributed by atoms with Gasteiger partial charge in [-0.1, -0.05) is 0 Å². The lowest BCUT2D eigenvalue weighted by atomic mass is 9.99. The van der Waals surface area contributed by atoms with Gasteiger partial charge in [0.05, 0.1) is 0 Å². The van der Waals surface area contributed by atoms with Crippen LogP contribution in [0.1, 0.15) is 45.4 Å². The van der Waals surface area contributed by atoms with Crippen molar-refractivity contribution in [1.29, 1.82) is 0 Å². The summed E-state index contributed by atoms with van der Waals surface area (Å²) in [5, 5.41) is 3.91. The zero-order chi connectivity index (χ0) is 18.8. The Morgan fingerprint density at radius 1 is 0.852 bits per heavy atom. The zero-order valence-corrected chi connectivity index (χ0v) is 16.9. The van der Waals surface area contributed by atoms with Crippen molar-refractivity contribution in [1.82, 2.24) is 10.2 Å². The van der Waals surface area contributed by atoms with Crippen molar-refractivity contribution in [3.8, 4) is 0 Å². The van der Waals surface area contributed by atoms with Crippen LogP contribution in [0.5, 0.6) is 0 Å². The number of rotatable bonds is 4. The minimum absolute atomic E-state index is 0.260. The lowest BCUT2D eigenvalue weighted by Gasteiger charge is -2.38. The SMILES string of the molecule is CC1CCC(=O)N1c1ccc(N2CCC(NC3CCN(C)CC3)CC2)cc1. The number of nitrogens with zero attached hydrogens (tertiary/aromatic N) is 3. The summed E-state index contributed by atoms with van der Waals surface area (Å²) in [6, 6.07) is 10.3. The summed E-state index contributed by atoms with van der Waals surface area (Å²) >= 11 is 0. The normalized spacial score (nSPS) is 26.1. The lowest BCUT2D eigenvalue weighted by molar-refractivity contribution is -0.117. The van der Waals surface area contributed by atoms with E-state index in [0.29, 0.717) is 24.5 Å². The first kappa shape index (κ1) is 18.8. The minimum Gasteiger partial charge on any atom is -0.371 e. The molecule has 0 saturated carbocycles. The van der Waals surface area contributed by atoms with E-state index in [1.165, 1.54) is 44.5 Å². The van der Waals surface area contributed by atoms with E-state index in [1.807, 2.05) is 4.90 Å². The van der Waals surface area contributed by atoms with Gasteiger partial charge >= 0.3 is 0 Å². The summed E-state index contributed by atoms with van der Waals surface area (Å²) in [5.41, 5.74) is 2.34. The van der Waals surface area contributed by atoms with Crippen molar-refractivity contribution in [2.75, 3.05) is 43.0 Å². The average Bonchev–Trinajstić information content (AvgIpc) is 3.03. The second kappa shape index (κ2) is 8.19. The molecule has 0 aromatic heterocycles. The molecule has 1 unspecified atom stereocenters. The molecular formula is C22H34N4O. The molecular weight excluding hydrogens is 336 g/mol. The fourth-order valence-electron chi connectivity index (χ4n) is 4.86. The molecule has 1 aromatic carbocycles. The van der Waals surface area contributed by atoms with E-state index in [-0.39, 0.29) is 5.91 Å². The first-order chi connectivity index (χ1) is 13.1. The van der Waals surface area contributed by atoms with E-state index in [4.69, 9.17) is 0 Å². The fourth-order valence-corrected chi connectivity index (χ4v) is 4.86. The zero-order valence-electron chi connectivity index (χ0n) is 16.9. The van der Waals surface area contributed by atoms with Gasteiger partial charge in [-0.3, -0.25) is 4.79 Å². The first-order valence-electron chi connectivity index (χ1n) is 10.7. The Balaban J connectivity index is 1.29. The van der Waals surface area contributed by atoms with Crippen LogP contribution in [0.4, 0.5) is 11.4 Å². The third-order valence-electron chi connectivity index (χ3n) is 6.66. The van der Waals surface area contributed by atoms with E-state index in [0.717, 1.165) is 25.2 Å². The van der Waals surface area contributed by atoms with Crippen LogP contribution < -0.4 is 15.1 Å². The summed E-state index contributed by atoms with van der Waals surface area (Å²) in [4.78, 5) is 19.0. The molecule has 3 heterocycles. The lowest BCUT2D eigenvalue weighted by Crippen LogP contribution is -2.49. The van der Waals surface area contributed by atoms with E-state index < -0.39 is 0 Å². The summed E-state index contributed by atoms with van der Waals surface area (Å²) in [6.45, 7) is 6.81. The number of likely N-dealkylation sites (tertiary alicyclic amines) is 1. The van der Waals surface area contributed by atoms with Gasteiger partial charge in [0.15, 0.2) is 0 Å². The Morgan fingerprint density at radius 3 is 1.96 bits per heavy atom. The van der Waals surface area contributed by atoms with E-state index in [2.05, 4.69) is 53.4 Å². The highest BCUT2D eigenvalue weighted by Crippen LogP contribution is 2.29. The molecule has 1 N–H and O–H groups in total. The number of hydrogen-bond acceptors (Lipinski definition) is 4. The number of piperidine rings is 2. The monoisotopic (exact) mass is 370 g/mol. The largest absolute Gasteiger partial charge is 0.371 e. The van der Waals surface area contributed by atoms with Crippen molar-refractivity contribution < 1.29 is 4.79 Å². The molecule has 5 nitrogen and oxygen atoms in total. The molecule has 4 rings (SSSR count). The Kier molecular flexibility index (Phi) is 5.69. The molecule has 0 spiro atoms. The molecule has 3 aliphatic heterocycles. The van der Waals surface area contributed by atoms with Gasteiger partial charge in [0.2, 0.25) is 5.91 Å². The second-order valence-electron chi connectivity index (χ2n) is 8.67.